The summed E-state index contributed by atoms with van der Waals surface area (Å²) in [5.41, 5.74) is 5.26. The number of halogens is 1. The molecule has 3 aromatic rings. The Morgan fingerprint density at radius 2 is 1.73 bits per heavy atom. The van der Waals surface area contributed by atoms with E-state index in [1.807, 2.05) is 50.2 Å². The monoisotopic (exact) mass is 570 g/mol. The number of methoxy groups -OCH3 is 1. The van der Waals surface area contributed by atoms with E-state index < -0.39 is 23.9 Å². The average Bonchev–Trinajstić information content (AvgIpc) is 3.65. The molecule has 0 unspecified atom stereocenters. The summed E-state index contributed by atoms with van der Waals surface area (Å²) in [7, 11) is 1.60. The number of ether oxygens (including phenoxy) is 1. The lowest BCUT2D eigenvalue weighted by atomic mass is 9.95. The highest BCUT2D eigenvalue weighted by atomic mass is 35.5. The van der Waals surface area contributed by atoms with Gasteiger partial charge >= 0.3 is 0 Å². The molecular weight excluding hydrogens is 544 g/mol. The van der Waals surface area contributed by atoms with Crippen molar-refractivity contribution in [3.63, 3.8) is 0 Å². The van der Waals surface area contributed by atoms with E-state index in [1.54, 1.807) is 31.4 Å². The maximum atomic E-state index is 13.8. The molecule has 0 spiro atoms. The molecule has 3 amide bonds. The number of carbonyl (C=O) groups excluding carboxylic acids is 3. The quantitative estimate of drug-likeness (QED) is 0.401. The number of hydrazone groups is 1. The third-order valence-electron chi connectivity index (χ3n) is 7.60. The zero-order chi connectivity index (χ0) is 28.8. The van der Waals surface area contributed by atoms with Gasteiger partial charge in [-0.2, -0.15) is 10.2 Å². The Hall–Kier alpha value is -4.57. The van der Waals surface area contributed by atoms with E-state index in [0.29, 0.717) is 22.9 Å². The van der Waals surface area contributed by atoms with E-state index in [4.69, 9.17) is 21.4 Å². The van der Waals surface area contributed by atoms with Crippen LogP contribution in [0.3, 0.4) is 0 Å². The largest absolute Gasteiger partial charge is 0.497 e. The zero-order valence-electron chi connectivity index (χ0n) is 22.7. The van der Waals surface area contributed by atoms with Crippen molar-refractivity contribution in [2.45, 2.75) is 38.4 Å². The molecule has 3 heterocycles. The van der Waals surface area contributed by atoms with E-state index in [-0.39, 0.29) is 18.5 Å². The van der Waals surface area contributed by atoms with E-state index in [0.717, 1.165) is 32.9 Å². The maximum Gasteiger partial charge on any atom is 0.264 e. The van der Waals surface area contributed by atoms with E-state index in [2.05, 4.69) is 16.4 Å². The number of nitrogens with zero attached hydrogens (tertiary/aromatic N) is 6. The van der Waals surface area contributed by atoms with E-state index >= 15 is 0 Å². The minimum Gasteiger partial charge on any atom is -0.497 e. The molecule has 3 aliphatic rings. The lowest BCUT2D eigenvalue weighted by Gasteiger charge is -2.25. The van der Waals surface area contributed by atoms with Crippen LogP contribution < -0.4 is 9.64 Å². The fourth-order valence-corrected chi connectivity index (χ4v) is 5.66. The molecule has 0 radical (unpaired) electrons. The first-order valence-electron chi connectivity index (χ1n) is 13.2. The van der Waals surface area contributed by atoms with Crippen LogP contribution in [-0.4, -0.2) is 59.2 Å². The molecule has 208 valence electrons. The molecule has 0 N–H and O–H groups in total. The van der Waals surface area contributed by atoms with Gasteiger partial charge < -0.3 is 4.74 Å². The second-order valence-corrected chi connectivity index (χ2v) is 10.7. The van der Waals surface area contributed by atoms with Gasteiger partial charge in [0.15, 0.2) is 12.1 Å². The third-order valence-corrected chi connectivity index (χ3v) is 7.85. The Morgan fingerprint density at radius 1 is 1.00 bits per heavy atom. The van der Waals surface area contributed by atoms with Gasteiger partial charge in [0.25, 0.3) is 17.7 Å². The van der Waals surface area contributed by atoms with Crippen LogP contribution in [0, 0.1) is 13.8 Å². The highest BCUT2D eigenvalue weighted by Gasteiger charge is 2.55. The van der Waals surface area contributed by atoms with Crippen molar-refractivity contribution in [1.29, 1.82) is 0 Å². The van der Waals surface area contributed by atoms with E-state index in [9.17, 15) is 14.4 Å². The van der Waals surface area contributed by atoms with Gasteiger partial charge in [-0.15, -0.1) is 0 Å². The Kier molecular flexibility index (Phi) is 6.78. The van der Waals surface area contributed by atoms with Gasteiger partial charge in [-0.1, -0.05) is 52.7 Å². The first-order chi connectivity index (χ1) is 19.7. The van der Waals surface area contributed by atoms with Crippen LogP contribution in [0.4, 0.5) is 5.69 Å². The summed E-state index contributed by atoms with van der Waals surface area (Å²) in [4.78, 5) is 41.4. The Balaban J connectivity index is 1.27. The first kappa shape index (κ1) is 26.6. The smallest absolute Gasteiger partial charge is 0.264 e. The molecule has 6 rings (SSSR count). The summed E-state index contributed by atoms with van der Waals surface area (Å²) in [6.45, 7) is 3.79. The number of hydrogen-bond donors (Lipinski definition) is 0. The second-order valence-electron chi connectivity index (χ2n) is 10.3. The van der Waals surface area contributed by atoms with Gasteiger partial charge in [0, 0.05) is 17.0 Å². The van der Waals surface area contributed by atoms with Crippen molar-refractivity contribution in [3.05, 3.63) is 94.0 Å². The van der Waals surface area contributed by atoms with Crippen LogP contribution >= 0.6 is 11.6 Å². The van der Waals surface area contributed by atoms with Gasteiger partial charge in [0.1, 0.15) is 12.3 Å². The van der Waals surface area contributed by atoms with Crippen molar-refractivity contribution in [1.82, 2.24) is 10.0 Å². The van der Waals surface area contributed by atoms with Crippen LogP contribution in [0.15, 0.2) is 82.2 Å². The minimum absolute atomic E-state index is 0.269. The number of anilines is 1. The molecule has 3 aliphatic heterocycles. The van der Waals surface area contributed by atoms with Gasteiger partial charge in [0.05, 0.1) is 24.6 Å². The topological polar surface area (TPSA) is 107 Å². The molecule has 10 nitrogen and oxygen atoms in total. The Bertz CT molecular complexity index is 1600. The van der Waals surface area contributed by atoms with Crippen molar-refractivity contribution in [3.8, 4) is 5.75 Å². The lowest BCUT2D eigenvalue weighted by molar-refractivity contribution is -0.135. The summed E-state index contributed by atoms with van der Waals surface area (Å²) in [5, 5.41) is 16.1. The van der Waals surface area contributed by atoms with Gasteiger partial charge in [0.2, 0.25) is 0 Å². The molecule has 0 bridgehead atoms. The Morgan fingerprint density at radius 3 is 2.41 bits per heavy atom. The van der Waals surface area contributed by atoms with Crippen molar-refractivity contribution >= 4 is 40.7 Å². The van der Waals surface area contributed by atoms with E-state index in [1.165, 1.54) is 10.0 Å². The highest BCUT2D eigenvalue weighted by Crippen LogP contribution is 2.36. The predicted octanol–water partition coefficient (Wildman–Crippen LogP) is 4.64. The number of aryl methyl sites for hydroxylation is 2. The van der Waals surface area contributed by atoms with Gasteiger partial charge in [-0.05, 0) is 61.4 Å². The molecule has 0 saturated carbocycles. The standard InChI is InChI=1S/C30H27ClN6O4/c1-17-4-13-23(18(2)14-17)24-15-25(19-5-11-22(41-3)12-6-19)37(33-24)26(38)16-35-28-27(32-34-35)29(39)36(30(28)40)21-9-7-20(31)8-10-21/h4-14,25,27-28H,15-16H2,1-3H3/t25-,27+,28-/m0/s1. The van der Waals surface area contributed by atoms with Crippen LogP contribution in [0.5, 0.6) is 5.75 Å². The SMILES string of the molecule is COc1ccc([C@@H]2CC(c3ccc(C)cc3C)=NN2C(=O)CN2N=N[C@H]3C(=O)N(c4ccc(Cl)cc4)C(=O)[C@H]32)cc1. The molecule has 0 aliphatic carbocycles. The summed E-state index contributed by atoms with van der Waals surface area (Å²) < 4.78 is 5.31. The number of hydrogen-bond acceptors (Lipinski definition) is 8. The number of fused-ring (bicyclic) bond motifs is 1. The molecule has 1 fully saturated rings. The third kappa shape index (κ3) is 4.74. The molecule has 11 heteroatoms. The number of amides is 3. The molecular formula is C30H27ClN6O4. The van der Waals surface area contributed by atoms with Gasteiger partial charge in [-0.25, -0.2) is 9.91 Å². The highest BCUT2D eigenvalue weighted by molar-refractivity contribution is 6.31. The fourth-order valence-electron chi connectivity index (χ4n) is 5.54. The molecule has 0 aromatic heterocycles. The molecule has 41 heavy (non-hydrogen) atoms. The minimum atomic E-state index is -1.02. The van der Waals surface area contributed by atoms with Crippen molar-refractivity contribution < 1.29 is 19.1 Å². The summed E-state index contributed by atoms with van der Waals surface area (Å²) in [6.07, 6.45) is 0.511. The summed E-state index contributed by atoms with van der Waals surface area (Å²) >= 11 is 5.98. The lowest BCUT2D eigenvalue weighted by Crippen LogP contribution is -2.44. The molecule has 3 aromatic carbocycles. The number of rotatable bonds is 6. The maximum absolute atomic E-state index is 13.8. The zero-order valence-corrected chi connectivity index (χ0v) is 23.4. The predicted molar refractivity (Wildman–Crippen MR) is 153 cm³/mol. The van der Waals surface area contributed by atoms with Crippen LogP contribution in [-0.2, 0) is 14.4 Å². The van der Waals surface area contributed by atoms with Crippen molar-refractivity contribution in [2.24, 2.45) is 15.4 Å². The second kappa shape index (κ2) is 10.4. The number of carbonyl (C=O) groups is 3. The van der Waals surface area contributed by atoms with Crippen LogP contribution in [0.1, 0.15) is 34.7 Å². The normalized spacial score (nSPS) is 21.5. The summed E-state index contributed by atoms with van der Waals surface area (Å²) in [5.74, 6) is -0.644. The fraction of sp³-hybridized carbons (Fsp3) is 0.267. The average molecular weight is 571 g/mol. The van der Waals surface area contributed by atoms with Gasteiger partial charge in [-0.3, -0.25) is 19.4 Å². The first-order valence-corrected chi connectivity index (χ1v) is 13.5. The van der Waals surface area contributed by atoms with Crippen molar-refractivity contribution in [2.75, 3.05) is 18.6 Å². The number of benzene rings is 3. The number of imide groups is 1. The van der Waals surface area contributed by atoms with Crippen LogP contribution in [0.2, 0.25) is 5.02 Å². The summed E-state index contributed by atoms with van der Waals surface area (Å²) in [6, 6.07) is 17.7. The Labute approximate surface area is 241 Å². The molecule has 1 saturated heterocycles. The molecule has 3 atom stereocenters. The van der Waals surface area contributed by atoms with Crippen LogP contribution in [0.25, 0.3) is 0 Å².